The van der Waals surface area contributed by atoms with E-state index in [1.54, 1.807) is 6.07 Å². The van der Waals surface area contributed by atoms with Crippen LogP contribution >= 0.6 is 31.9 Å². The van der Waals surface area contributed by atoms with Gasteiger partial charge < -0.3 is 14.6 Å². The molecule has 0 radical (unpaired) electrons. The van der Waals surface area contributed by atoms with Crippen molar-refractivity contribution < 1.29 is 19.4 Å². The van der Waals surface area contributed by atoms with Gasteiger partial charge >= 0.3 is 5.97 Å². The van der Waals surface area contributed by atoms with Crippen LogP contribution < -0.4 is 9.47 Å². The minimum Gasteiger partial charge on any atom is -0.490 e. The fourth-order valence-electron chi connectivity index (χ4n) is 1.59. The topological polar surface area (TPSA) is 55.8 Å². The molecule has 1 N–H and O–H groups in total. The fourth-order valence-corrected chi connectivity index (χ4v) is 2.21. The number of benzene rings is 2. The molecule has 110 valence electrons. The Bertz CT molecular complexity index is 626. The second kappa shape index (κ2) is 7.47. The van der Waals surface area contributed by atoms with Crippen LogP contribution in [0.1, 0.15) is 10.4 Å². The van der Waals surface area contributed by atoms with Crippen LogP contribution in [0.5, 0.6) is 11.5 Å². The van der Waals surface area contributed by atoms with E-state index in [1.807, 2.05) is 24.3 Å². The Morgan fingerprint density at radius 2 is 1.67 bits per heavy atom. The van der Waals surface area contributed by atoms with Gasteiger partial charge in [-0.3, -0.25) is 0 Å². The molecular weight excluding hydrogens is 404 g/mol. The summed E-state index contributed by atoms with van der Waals surface area (Å²) in [6.07, 6.45) is 0. The van der Waals surface area contributed by atoms with Crippen molar-refractivity contribution in [2.24, 2.45) is 0 Å². The van der Waals surface area contributed by atoms with Gasteiger partial charge in [-0.2, -0.15) is 0 Å². The van der Waals surface area contributed by atoms with E-state index in [4.69, 9.17) is 14.6 Å². The third-order valence-electron chi connectivity index (χ3n) is 2.60. The molecule has 0 unspecified atom stereocenters. The molecule has 0 aliphatic carbocycles. The lowest BCUT2D eigenvalue weighted by molar-refractivity contribution is 0.0696. The molecule has 0 aliphatic rings. The number of carbonyl (C=O) groups is 1. The van der Waals surface area contributed by atoms with Crippen molar-refractivity contribution in [2.75, 3.05) is 13.2 Å². The van der Waals surface area contributed by atoms with Crippen LogP contribution in [0.15, 0.2) is 51.4 Å². The Morgan fingerprint density at radius 1 is 1.00 bits per heavy atom. The van der Waals surface area contributed by atoms with Gasteiger partial charge in [0.1, 0.15) is 24.7 Å². The van der Waals surface area contributed by atoms with Gasteiger partial charge in [-0.05, 0) is 58.4 Å². The van der Waals surface area contributed by atoms with Gasteiger partial charge in [0.2, 0.25) is 0 Å². The van der Waals surface area contributed by atoms with Gasteiger partial charge in [0, 0.05) is 4.47 Å². The van der Waals surface area contributed by atoms with E-state index in [1.165, 1.54) is 12.1 Å². The van der Waals surface area contributed by atoms with Gasteiger partial charge in [0.15, 0.2) is 0 Å². The molecule has 6 heteroatoms. The average Bonchev–Trinajstić information content (AvgIpc) is 2.47. The lowest BCUT2D eigenvalue weighted by Gasteiger charge is -2.10. The molecule has 0 atom stereocenters. The summed E-state index contributed by atoms with van der Waals surface area (Å²) in [5, 5.41) is 8.94. The highest BCUT2D eigenvalue weighted by molar-refractivity contribution is 9.10. The molecule has 0 aromatic heterocycles. The third kappa shape index (κ3) is 4.75. The molecule has 0 heterocycles. The van der Waals surface area contributed by atoms with Crippen molar-refractivity contribution >= 4 is 37.8 Å². The molecule has 2 rings (SSSR count). The van der Waals surface area contributed by atoms with Crippen LogP contribution in [0.25, 0.3) is 0 Å². The molecule has 0 saturated carbocycles. The van der Waals surface area contributed by atoms with Gasteiger partial charge in [0.05, 0.1) is 10.0 Å². The number of halogens is 2. The first-order valence-corrected chi connectivity index (χ1v) is 7.69. The number of aromatic carboxylic acids is 1. The van der Waals surface area contributed by atoms with Crippen molar-refractivity contribution in [1.82, 2.24) is 0 Å². The summed E-state index contributed by atoms with van der Waals surface area (Å²) in [6, 6.07) is 12.1. The zero-order chi connectivity index (χ0) is 15.2. The van der Waals surface area contributed by atoms with E-state index < -0.39 is 5.97 Å². The monoisotopic (exact) mass is 414 g/mol. The van der Waals surface area contributed by atoms with Crippen molar-refractivity contribution in [3.8, 4) is 11.5 Å². The summed E-state index contributed by atoms with van der Waals surface area (Å²) in [4.78, 5) is 10.9. The minimum absolute atomic E-state index is 0.182. The van der Waals surface area contributed by atoms with Gasteiger partial charge in [0.25, 0.3) is 0 Å². The van der Waals surface area contributed by atoms with E-state index in [-0.39, 0.29) is 5.56 Å². The Labute approximate surface area is 139 Å². The Kier molecular flexibility index (Phi) is 5.64. The molecule has 4 nitrogen and oxygen atoms in total. The lowest BCUT2D eigenvalue weighted by atomic mass is 10.2. The van der Waals surface area contributed by atoms with Crippen molar-refractivity contribution in [2.45, 2.75) is 0 Å². The highest BCUT2D eigenvalue weighted by Gasteiger charge is 2.08. The maximum atomic E-state index is 10.9. The highest BCUT2D eigenvalue weighted by Crippen LogP contribution is 2.26. The third-order valence-corrected chi connectivity index (χ3v) is 3.79. The summed E-state index contributed by atoms with van der Waals surface area (Å²) >= 11 is 6.67. The fraction of sp³-hybridized carbons (Fsp3) is 0.133. The number of carboxylic acids is 1. The number of ether oxygens (including phenoxy) is 2. The summed E-state index contributed by atoms with van der Waals surface area (Å²) in [6.45, 7) is 0.684. The van der Waals surface area contributed by atoms with E-state index >= 15 is 0 Å². The average molecular weight is 416 g/mol. The first kappa shape index (κ1) is 15.9. The highest BCUT2D eigenvalue weighted by atomic mass is 79.9. The Balaban J connectivity index is 1.87. The largest absolute Gasteiger partial charge is 0.490 e. The number of rotatable bonds is 6. The summed E-state index contributed by atoms with van der Waals surface area (Å²) in [5.74, 6) is 0.243. The second-order valence-electron chi connectivity index (χ2n) is 4.10. The summed E-state index contributed by atoms with van der Waals surface area (Å²) < 4.78 is 12.7. The van der Waals surface area contributed by atoms with E-state index in [2.05, 4.69) is 31.9 Å². The van der Waals surface area contributed by atoms with Crippen LogP contribution in [0.4, 0.5) is 0 Å². The Hall–Kier alpha value is -1.53. The van der Waals surface area contributed by atoms with Crippen LogP contribution in [-0.4, -0.2) is 24.3 Å². The molecule has 2 aromatic rings. The maximum absolute atomic E-state index is 10.9. The number of hydrogen-bond acceptors (Lipinski definition) is 3. The molecule has 0 aliphatic heterocycles. The van der Waals surface area contributed by atoms with Crippen LogP contribution in [0.3, 0.4) is 0 Å². The van der Waals surface area contributed by atoms with E-state index in [9.17, 15) is 4.79 Å². The quantitative estimate of drug-likeness (QED) is 0.711. The Morgan fingerprint density at radius 3 is 2.33 bits per heavy atom. The second-order valence-corrected chi connectivity index (χ2v) is 5.87. The van der Waals surface area contributed by atoms with Crippen LogP contribution in [-0.2, 0) is 0 Å². The zero-order valence-corrected chi connectivity index (χ0v) is 14.1. The summed E-state index contributed by atoms with van der Waals surface area (Å²) in [7, 11) is 0. The molecule has 0 bridgehead atoms. The molecule has 0 amide bonds. The number of carboxylic acid groups (broad SMARTS) is 1. The van der Waals surface area contributed by atoms with Crippen molar-refractivity contribution in [3.63, 3.8) is 0 Å². The number of hydrogen-bond donors (Lipinski definition) is 1. The van der Waals surface area contributed by atoms with Gasteiger partial charge in [-0.15, -0.1) is 0 Å². The van der Waals surface area contributed by atoms with Gasteiger partial charge in [-0.25, -0.2) is 4.79 Å². The molecule has 0 spiro atoms. The standard InChI is InChI=1S/C15H12Br2O4/c16-11-2-4-12(5-3-11)20-7-8-21-14-9-10(15(18)19)1-6-13(14)17/h1-6,9H,7-8H2,(H,18,19). The van der Waals surface area contributed by atoms with Gasteiger partial charge in [-0.1, -0.05) is 15.9 Å². The predicted molar refractivity (Wildman–Crippen MR) is 86.2 cm³/mol. The SMILES string of the molecule is O=C(O)c1ccc(Br)c(OCCOc2ccc(Br)cc2)c1. The van der Waals surface area contributed by atoms with E-state index in [0.717, 1.165) is 10.2 Å². The van der Waals surface area contributed by atoms with Crippen LogP contribution in [0, 0.1) is 0 Å². The first-order chi connectivity index (χ1) is 10.1. The smallest absolute Gasteiger partial charge is 0.335 e. The van der Waals surface area contributed by atoms with Crippen LogP contribution in [0.2, 0.25) is 0 Å². The lowest BCUT2D eigenvalue weighted by Crippen LogP contribution is -2.09. The molecule has 21 heavy (non-hydrogen) atoms. The first-order valence-electron chi connectivity index (χ1n) is 6.10. The maximum Gasteiger partial charge on any atom is 0.335 e. The minimum atomic E-state index is -0.988. The normalized spacial score (nSPS) is 10.2. The molecule has 0 saturated heterocycles. The molecular formula is C15H12Br2O4. The zero-order valence-electron chi connectivity index (χ0n) is 10.9. The van der Waals surface area contributed by atoms with Crippen molar-refractivity contribution in [1.29, 1.82) is 0 Å². The summed E-state index contributed by atoms with van der Waals surface area (Å²) in [5.41, 5.74) is 0.182. The van der Waals surface area contributed by atoms with Crippen molar-refractivity contribution in [3.05, 3.63) is 57.0 Å². The molecule has 0 fully saturated rings. The predicted octanol–water partition coefficient (Wildman–Crippen LogP) is 4.37. The van der Waals surface area contributed by atoms with E-state index in [0.29, 0.717) is 23.4 Å². The molecule has 2 aromatic carbocycles.